The van der Waals surface area contributed by atoms with Gasteiger partial charge in [-0.15, -0.1) is 0 Å². The molecule has 3 rings (SSSR count). The number of benzene rings is 1. The van der Waals surface area contributed by atoms with E-state index in [1.54, 1.807) is 16.7 Å². The predicted molar refractivity (Wildman–Crippen MR) is 115 cm³/mol. The fourth-order valence-corrected chi connectivity index (χ4v) is 3.49. The number of fused-ring (bicyclic) bond motifs is 1. The zero-order chi connectivity index (χ0) is 22.2. The van der Waals surface area contributed by atoms with Gasteiger partial charge in [0.25, 0.3) is 11.8 Å². The van der Waals surface area contributed by atoms with E-state index in [0.717, 1.165) is 17.5 Å². The molecule has 0 spiro atoms. The van der Waals surface area contributed by atoms with Gasteiger partial charge in [0.1, 0.15) is 5.69 Å². The van der Waals surface area contributed by atoms with Crippen molar-refractivity contribution in [3.63, 3.8) is 0 Å². The molecule has 0 saturated heterocycles. The van der Waals surface area contributed by atoms with Gasteiger partial charge < -0.3 is 20.3 Å². The first-order valence-corrected chi connectivity index (χ1v) is 10.4. The molecule has 9 nitrogen and oxygen atoms in total. The number of hydrogen-bond donors (Lipinski definition) is 2. The molecule has 0 fully saturated rings. The van der Waals surface area contributed by atoms with Crippen molar-refractivity contribution >= 4 is 17.7 Å². The lowest BCUT2D eigenvalue weighted by atomic mass is 10.1. The minimum atomic E-state index is -0.400. The largest absolute Gasteiger partial charge is 0.383 e. The van der Waals surface area contributed by atoms with Gasteiger partial charge in [0.15, 0.2) is 5.69 Å². The first-order chi connectivity index (χ1) is 15.0. The Bertz CT molecular complexity index is 940. The minimum Gasteiger partial charge on any atom is -0.383 e. The molecule has 2 N–H and O–H groups in total. The van der Waals surface area contributed by atoms with Crippen molar-refractivity contribution in [2.75, 3.05) is 33.4 Å². The van der Waals surface area contributed by atoms with Crippen molar-refractivity contribution < 1.29 is 19.1 Å². The normalized spacial score (nSPS) is 13.5. The summed E-state index contributed by atoms with van der Waals surface area (Å²) in [5, 5.41) is 9.69. The topological polar surface area (TPSA) is 106 Å². The summed E-state index contributed by atoms with van der Waals surface area (Å²) < 4.78 is 6.47. The molecule has 2 aromatic rings. The number of carbonyl (C=O) groups is 3. The number of carbonyl (C=O) groups excluding carboxylic acids is 3. The molecule has 1 aromatic heterocycles. The summed E-state index contributed by atoms with van der Waals surface area (Å²) in [6.07, 6.45) is 0.918. The number of methoxy groups -OCH3 is 1. The van der Waals surface area contributed by atoms with Crippen LogP contribution in [0.5, 0.6) is 0 Å². The second-order valence-corrected chi connectivity index (χ2v) is 7.56. The molecule has 0 unspecified atom stereocenters. The van der Waals surface area contributed by atoms with E-state index < -0.39 is 5.91 Å². The van der Waals surface area contributed by atoms with E-state index in [-0.39, 0.29) is 30.5 Å². The number of aryl methyl sites for hydroxylation is 2. The molecule has 3 amide bonds. The van der Waals surface area contributed by atoms with Crippen LogP contribution in [0.25, 0.3) is 0 Å². The highest BCUT2D eigenvalue weighted by atomic mass is 16.5. The second-order valence-electron chi connectivity index (χ2n) is 7.56. The van der Waals surface area contributed by atoms with E-state index in [2.05, 4.69) is 21.8 Å². The summed E-state index contributed by atoms with van der Waals surface area (Å²) in [6, 6.07) is 9.62. The Kier molecular flexibility index (Phi) is 7.77. The molecule has 0 atom stereocenters. The van der Waals surface area contributed by atoms with Crippen LogP contribution in [-0.4, -0.2) is 65.8 Å². The molecule has 2 heterocycles. The highest BCUT2D eigenvalue weighted by molar-refractivity contribution is 5.98. The SMILES string of the molecule is COCCNC(=O)CCNC(=O)c1cc2n(n1)CCCN(Cc1cccc(C)c1)C2=O. The van der Waals surface area contributed by atoms with E-state index in [1.807, 2.05) is 25.1 Å². The Morgan fingerprint density at radius 3 is 2.77 bits per heavy atom. The molecule has 0 aliphatic carbocycles. The average molecular weight is 428 g/mol. The van der Waals surface area contributed by atoms with Crippen molar-refractivity contribution in [1.82, 2.24) is 25.3 Å². The van der Waals surface area contributed by atoms with Crippen molar-refractivity contribution in [2.24, 2.45) is 0 Å². The Morgan fingerprint density at radius 1 is 1.16 bits per heavy atom. The van der Waals surface area contributed by atoms with Gasteiger partial charge in [-0.2, -0.15) is 5.10 Å². The van der Waals surface area contributed by atoms with Gasteiger partial charge in [0.2, 0.25) is 5.91 Å². The highest BCUT2D eigenvalue weighted by Crippen LogP contribution is 2.17. The molecular formula is C22H29N5O4. The van der Waals surface area contributed by atoms with Gasteiger partial charge in [-0.3, -0.25) is 19.1 Å². The van der Waals surface area contributed by atoms with Crippen molar-refractivity contribution in [3.05, 3.63) is 52.8 Å². The van der Waals surface area contributed by atoms with E-state index in [1.165, 1.54) is 6.07 Å². The summed E-state index contributed by atoms with van der Waals surface area (Å²) in [5.41, 5.74) is 2.81. The van der Waals surface area contributed by atoms with Crippen molar-refractivity contribution in [3.8, 4) is 0 Å². The van der Waals surface area contributed by atoms with E-state index in [9.17, 15) is 14.4 Å². The molecule has 31 heavy (non-hydrogen) atoms. The van der Waals surface area contributed by atoms with Gasteiger partial charge in [-0.1, -0.05) is 29.8 Å². The maximum atomic E-state index is 13.1. The molecule has 9 heteroatoms. The van der Waals surface area contributed by atoms with Crippen LogP contribution in [0.3, 0.4) is 0 Å². The van der Waals surface area contributed by atoms with Gasteiger partial charge in [0.05, 0.1) is 6.61 Å². The second kappa shape index (κ2) is 10.7. The molecule has 1 aliphatic rings. The van der Waals surface area contributed by atoms with Gasteiger partial charge in [-0.25, -0.2) is 0 Å². The van der Waals surface area contributed by atoms with Crippen molar-refractivity contribution in [1.29, 1.82) is 0 Å². The molecule has 0 radical (unpaired) electrons. The zero-order valence-electron chi connectivity index (χ0n) is 18.0. The van der Waals surface area contributed by atoms with Crippen LogP contribution in [-0.2, 0) is 22.6 Å². The summed E-state index contributed by atoms with van der Waals surface area (Å²) in [5.74, 6) is -0.702. The first-order valence-electron chi connectivity index (χ1n) is 10.4. The van der Waals surface area contributed by atoms with E-state index in [0.29, 0.717) is 38.5 Å². The monoisotopic (exact) mass is 427 g/mol. The summed E-state index contributed by atoms with van der Waals surface area (Å²) in [4.78, 5) is 39.0. The Labute approximate surface area is 181 Å². The minimum absolute atomic E-state index is 0.136. The van der Waals surface area contributed by atoms with Crippen LogP contribution in [0.2, 0.25) is 0 Å². The Morgan fingerprint density at radius 2 is 2.00 bits per heavy atom. The number of aromatic nitrogens is 2. The first kappa shape index (κ1) is 22.5. The van der Waals surface area contributed by atoms with Crippen LogP contribution < -0.4 is 10.6 Å². The van der Waals surface area contributed by atoms with Crippen molar-refractivity contribution in [2.45, 2.75) is 32.9 Å². The average Bonchev–Trinajstić information content (AvgIpc) is 3.11. The van der Waals surface area contributed by atoms with Crippen LogP contribution in [0, 0.1) is 6.92 Å². The molecule has 1 aromatic carbocycles. The Balaban J connectivity index is 1.59. The Hall–Kier alpha value is -3.20. The lowest BCUT2D eigenvalue weighted by molar-refractivity contribution is -0.121. The predicted octanol–water partition coefficient (Wildman–Crippen LogP) is 1.12. The molecular weight excluding hydrogens is 398 g/mol. The summed E-state index contributed by atoms with van der Waals surface area (Å²) in [7, 11) is 1.56. The number of nitrogens with zero attached hydrogens (tertiary/aromatic N) is 3. The number of nitrogens with one attached hydrogen (secondary N) is 2. The number of rotatable bonds is 9. The molecule has 166 valence electrons. The fourth-order valence-electron chi connectivity index (χ4n) is 3.49. The highest BCUT2D eigenvalue weighted by Gasteiger charge is 2.26. The third-order valence-electron chi connectivity index (χ3n) is 5.04. The zero-order valence-corrected chi connectivity index (χ0v) is 18.0. The summed E-state index contributed by atoms with van der Waals surface area (Å²) in [6.45, 7) is 4.80. The maximum Gasteiger partial charge on any atom is 0.272 e. The van der Waals surface area contributed by atoms with Crippen LogP contribution in [0.15, 0.2) is 30.3 Å². The standard InChI is InChI=1S/C22H29N5O4/c1-16-5-3-6-17(13-16)15-26-10-4-11-27-19(22(26)30)14-18(25-27)21(29)24-8-7-20(28)23-9-12-31-2/h3,5-6,13-14H,4,7-12,15H2,1-2H3,(H,23,28)(H,24,29). The molecule has 0 saturated carbocycles. The van der Waals surface area contributed by atoms with Crippen LogP contribution >= 0.6 is 0 Å². The number of hydrogen-bond acceptors (Lipinski definition) is 5. The smallest absolute Gasteiger partial charge is 0.272 e. The van der Waals surface area contributed by atoms with Gasteiger partial charge >= 0.3 is 0 Å². The maximum absolute atomic E-state index is 13.1. The lowest BCUT2D eigenvalue weighted by Gasteiger charge is -2.20. The quantitative estimate of drug-likeness (QED) is 0.584. The van der Waals surface area contributed by atoms with E-state index in [4.69, 9.17) is 4.74 Å². The van der Waals surface area contributed by atoms with Gasteiger partial charge in [0, 0.05) is 52.3 Å². The lowest BCUT2D eigenvalue weighted by Crippen LogP contribution is -2.32. The molecule has 0 bridgehead atoms. The van der Waals surface area contributed by atoms with E-state index >= 15 is 0 Å². The third kappa shape index (κ3) is 6.14. The third-order valence-corrected chi connectivity index (χ3v) is 5.04. The van der Waals surface area contributed by atoms with Crippen LogP contribution in [0.4, 0.5) is 0 Å². The number of amides is 3. The van der Waals surface area contributed by atoms with Gasteiger partial charge in [-0.05, 0) is 18.9 Å². The number of ether oxygens (including phenoxy) is 1. The van der Waals surface area contributed by atoms with Crippen LogP contribution in [0.1, 0.15) is 44.9 Å². The fraction of sp³-hybridized carbons (Fsp3) is 0.455. The summed E-state index contributed by atoms with van der Waals surface area (Å²) >= 11 is 0. The molecule has 1 aliphatic heterocycles.